The summed E-state index contributed by atoms with van der Waals surface area (Å²) >= 11 is 0. The number of carboxylic acid groups (broad SMARTS) is 1. The molecule has 17 heavy (non-hydrogen) atoms. The van der Waals surface area contributed by atoms with E-state index in [0.29, 0.717) is 25.4 Å². The van der Waals surface area contributed by atoms with Gasteiger partial charge in [-0.3, -0.25) is 9.59 Å². The molecule has 2 fully saturated rings. The van der Waals surface area contributed by atoms with Crippen LogP contribution in [-0.4, -0.2) is 35.6 Å². The lowest BCUT2D eigenvalue weighted by Gasteiger charge is -2.17. The molecule has 0 aromatic rings. The Morgan fingerprint density at radius 2 is 1.94 bits per heavy atom. The maximum absolute atomic E-state index is 11.6. The van der Waals surface area contributed by atoms with Crippen LogP contribution < -0.4 is 10.6 Å². The Morgan fingerprint density at radius 3 is 2.59 bits per heavy atom. The Morgan fingerprint density at radius 1 is 1.18 bits per heavy atom. The minimum absolute atomic E-state index is 0.0312. The van der Waals surface area contributed by atoms with Crippen molar-refractivity contribution in [2.24, 2.45) is 5.92 Å². The molecule has 0 spiro atoms. The average molecular weight is 240 g/mol. The molecule has 1 amide bonds. The average Bonchev–Trinajstić information content (AvgIpc) is 2.96. The van der Waals surface area contributed by atoms with E-state index in [9.17, 15) is 9.59 Å². The summed E-state index contributed by atoms with van der Waals surface area (Å²) in [5.74, 6) is -1.21. The Labute approximate surface area is 101 Å². The van der Waals surface area contributed by atoms with Crippen molar-refractivity contribution in [3.63, 3.8) is 0 Å². The second-order valence-electron chi connectivity index (χ2n) is 5.03. The standard InChI is InChI=1S/C12H20N2O3/c15-11(6-7-13-8-4-5-8)14-10-3-1-2-9(10)12(16)17/h8-10,13H,1-7H2,(H,14,15)(H,16,17). The SMILES string of the molecule is O=C(CCNC1CC1)NC1CCCC1C(=O)O. The van der Waals surface area contributed by atoms with Crippen LogP contribution in [0.15, 0.2) is 0 Å². The zero-order valence-electron chi connectivity index (χ0n) is 9.95. The number of hydrogen-bond donors (Lipinski definition) is 3. The van der Waals surface area contributed by atoms with Gasteiger partial charge in [0, 0.05) is 25.0 Å². The third-order valence-electron chi connectivity index (χ3n) is 3.54. The molecule has 0 aliphatic heterocycles. The van der Waals surface area contributed by atoms with E-state index < -0.39 is 11.9 Å². The molecule has 96 valence electrons. The van der Waals surface area contributed by atoms with Crippen molar-refractivity contribution in [2.45, 2.75) is 50.6 Å². The Balaban J connectivity index is 1.67. The molecule has 2 saturated carbocycles. The fraction of sp³-hybridized carbons (Fsp3) is 0.833. The minimum atomic E-state index is -0.788. The molecule has 2 rings (SSSR count). The summed E-state index contributed by atoms with van der Waals surface area (Å²) in [7, 11) is 0. The van der Waals surface area contributed by atoms with Crippen LogP contribution >= 0.6 is 0 Å². The Hall–Kier alpha value is -1.10. The Bertz CT molecular complexity index is 302. The number of aliphatic carboxylic acids is 1. The molecule has 5 heteroatoms. The number of carboxylic acids is 1. The predicted octanol–water partition coefficient (Wildman–Crippen LogP) is 0.498. The van der Waals surface area contributed by atoms with Gasteiger partial charge in [-0.15, -0.1) is 0 Å². The van der Waals surface area contributed by atoms with Gasteiger partial charge in [0.15, 0.2) is 0 Å². The summed E-state index contributed by atoms with van der Waals surface area (Å²) in [5.41, 5.74) is 0. The third-order valence-corrected chi connectivity index (χ3v) is 3.54. The van der Waals surface area contributed by atoms with Gasteiger partial charge in [0.1, 0.15) is 0 Å². The van der Waals surface area contributed by atoms with E-state index in [1.807, 2.05) is 0 Å². The van der Waals surface area contributed by atoms with Crippen molar-refractivity contribution in [1.82, 2.24) is 10.6 Å². The van der Waals surface area contributed by atoms with Gasteiger partial charge in [-0.25, -0.2) is 0 Å². The van der Waals surface area contributed by atoms with Crippen LogP contribution in [0.3, 0.4) is 0 Å². The first-order valence-electron chi connectivity index (χ1n) is 6.42. The molecular formula is C12H20N2O3. The van der Waals surface area contributed by atoms with Crippen LogP contribution in [-0.2, 0) is 9.59 Å². The lowest BCUT2D eigenvalue weighted by atomic mass is 10.0. The first kappa shape index (κ1) is 12.4. The van der Waals surface area contributed by atoms with Crippen molar-refractivity contribution >= 4 is 11.9 Å². The lowest BCUT2D eigenvalue weighted by Crippen LogP contribution is -2.41. The molecule has 0 aromatic carbocycles. The first-order valence-corrected chi connectivity index (χ1v) is 6.42. The van der Waals surface area contributed by atoms with E-state index in [0.717, 1.165) is 12.8 Å². The molecule has 0 aromatic heterocycles. The van der Waals surface area contributed by atoms with Gasteiger partial charge >= 0.3 is 5.97 Å². The number of hydrogen-bond acceptors (Lipinski definition) is 3. The lowest BCUT2D eigenvalue weighted by molar-refractivity contribution is -0.142. The van der Waals surface area contributed by atoms with Crippen LogP contribution in [0, 0.1) is 5.92 Å². The van der Waals surface area contributed by atoms with Gasteiger partial charge in [0.25, 0.3) is 0 Å². The summed E-state index contributed by atoms with van der Waals surface area (Å²) in [4.78, 5) is 22.6. The molecule has 2 aliphatic carbocycles. The van der Waals surface area contributed by atoms with Crippen LogP contribution in [0.25, 0.3) is 0 Å². The summed E-state index contributed by atoms with van der Waals surface area (Å²) in [6, 6.07) is 0.446. The number of carbonyl (C=O) groups excluding carboxylic acids is 1. The minimum Gasteiger partial charge on any atom is -0.481 e. The summed E-state index contributed by atoms with van der Waals surface area (Å²) < 4.78 is 0. The zero-order chi connectivity index (χ0) is 12.3. The molecule has 3 N–H and O–H groups in total. The van der Waals surface area contributed by atoms with Crippen molar-refractivity contribution < 1.29 is 14.7 Å². The number of amides is 1. The quantitative estimate of drug-likeness (QED) is 0.631. The normalized spacial score (nSPS) is 28.0. The van der Waals surface area contributed by atoms with Crippen LogP contribution in [0.1, 0.15) is 38.5 Å². The molecule has 2 unspecified atom stereocenters. The number of rotatable bonds is 6. The van der Waals surface area contributed by atoms with Crippen molar-refractivity contribution in [3.8, 4) is 0 Å². The van der Waals surface area contributed by atoms with E-state index >= 15 is 0 Å². The third kappa shape index (κ3) is 3.70. The fourth-order valence-corrected chi connectivity index (χ4v) is 2.38. The molecule has 0 saturated heterocycles. The number of carbonyl (C=O) groups is 2. The summed E-state index contributed by atoms with van der Waals surface area (Å²) in [6.07, 6.45) is 5.23. The van der Waals surface area contributed by atoms with Gasteiger partial charge in [0.05, 0.1) is 5.92 Å². The smallest absolute Gasteiger partial charge is 0.308 e. The van der Waals surface area contributed by atoms with Crippen LogP contribution in [0.5, 0.6) is 0 Å². The highest BCUT2D eigenvalue weighted by atomic mass is 16.4. The van der Waals surface area contributed by atoms with E-state index in [2.05, 4.69) is 10.6 Å². The van der Waals surface area contributed by atoms with Gasteiger partial charge in [-0.05, 0) is 25.7 Å². The second-order valence-corrected chi connectivity index (χ2v) is 5.03. The molecule has 0 bridgehead atoms. The Kier molecular flexibility index (Phi) is 3.99. The van der Waals surface area contributed by atoms with Crippen LogP contribution in [0.2, 0.25) is 0 Å². The monoisotopic (exact) mass is 240 g/mol. The van der Waals surface area contributed by atoms with Crippen molar-refractivity contribution in [1.29, 1.82) is 0 Å². The van der Waals surface area contributed by atoms with Gasteiger partial charge < -0.3 is 15.7 Å². The first-order chi connectivity index (χ1) is 8.16. The highest BCUT2D eigenvalue weighted by Gasteiger charge is 2.33. The van der Waals surface area contributed by atoms with E-state index in [-0.39, 0.29) is 11.9 Å². The highest BCUT2D eigenvalue weighted by molar-refractivity contribution is 5.78. The zero-order valence-corrected chi connectivity index (χ0v) is 9.95. The van der Waals surface area contributed by atoms with E-state index in [1.165, 1.54) is 12.8 Å². The van der Waals surface area contributed by atoms with Crippen molar-refractivity contribution in [3.05, 3.63) is 0 Å². The van der Waals surface area contributed by atoms with Gasteiger partial charge in [0.2, 0.25) is 5.91 Å². The molecule has 2 aliphatic rings. The maximum atomic E-state index is 11.6. The molecule has 0 heterocycles. The predicted molar refractivity (Wildman–Crippen MR) is 62.5 cm³/mol. The van der Waals surface area contributed by atoms with E-state index in [4.69, 9.17) is 5.11 Å². The van der Waals surface area contributed by atoms with Crippen molar-refractivity contribution in [2.75, 3.05) is 6.54 Å². The fourth-order valence-electron chi connectivity index (χ4n) is 2.38. The summed E-state index contributed by atoms with van der Waals surface area (Å²) in [5, 5.41) is 15.1. The van der Waals surface area contributed by atoms with Gasteiger partial charge in [-0.1, -0.05) is 6.42 Å². The topological polar surface area (TPSA) is 78.4 Å². The van der Waals surface area contributed by atoms with Crippen LogP contribution in [0.4, 0.5) is 0 Å². The molecular weight excluding hydrogens is 220 g/mol. The second kappa shape index (κ2) is 5.49. The molecule has 5 nitrogen and oxygen atoms in total. The molecule has 0 radical (unpaired) electrons. The largest absolute Gasteiger partial charge is 0.481 e. The van der Waals surface area contributed by atoms with Gasteiger partial charge in [-0.2, -0.15) is 0 Å². The number of nitrogens with one attached hydrogen (secondary N) is 2. The van der Waals surface area contributed by atoms with E-state index in [1.54, 1.807) is 0 Å². The maximum Gasteiger partial charge on any atom is 0.308 e. The molecule has 2 atom stereocenters. The highest BCUT2D eigenvalue weighted by Crippen LogP contribution is 2.25. The summed E-state index contributed by atoms with van der Waals surface area (Å²) in [6.45, 7) is 0.695.